The Morgan fingerprint density at radius 1 is 0.381 bits per heavy atom. The SMILES string of the molecule is Cc1cc(C(=O)Nc2cccc(C(NCC3CC3)c3ccccn3)c2)n(-c2cccc(CN)c2)n1.Cc1cc(C(=O)Nc2cccc(C(NCC3CC3)c3cccnc3)c2)n(-c2cccc(CN)c2)n1.Cc1cc(C(=O)Nc2cccc(C(OCC3CC3)c3nccs3)c2)n(-c2cccc(CN)c2)n1.Cc1cc(C(=O)Nc2cccc(N(CCC3CC3)c3ccccc3)c2)n(-c2cccc(CN)c2)n1. The number of aromatic nitrogens is 11. The zero-order chi connectivity index (χ0) is 96.1. The van der Waals surface area contributed by atoms with Crippen LogP contribution in [-0.2, 0) is 30.9 Å². The summed E-state index contributed by atoms with van der Waals surface area (Å²) in [7, 11) is 0. The number of benzene rings is 9. The maximum absolute atomic E-state index is 13.3. The first-order valence-corrected chi connectivity index (χ1v) is 48.5. The fourth-order valence-electron chi connectivity index (χ4n) is 16.6. The van der Waals surface area contributed by atoms with Crippen molar-refractivity contribution in [3.8, 4) is 22.7 Å². The highest BCUT2D eigenvalue weighted by molar-refractivity contribution is 7.09. The van der Waals surface area contributed by atoms with Gasteiger partial charge in [-0.1, -0.05) is 134 Å². The van der Waals surface area contributed by atoms with Gasteiger partial charge in [0.15, 0.2) is 0 Å². The molecule has 4 aliphatic carbocycles. The normalized spacial score (nSPS) is 13.8. The average Bonchev–Trinajstić information content (AvgIpc) is 1.72. The Balaban J connectivity index is 0.000000128. The highest BCUT2D eigenvalue weighted by atomic mass is 32.1. The van der Waals surface area contributed by atoms with Gasteiger partial charge in [0, 0.05) is 97.0 Å². The number of nitrogens with two attached hydrogens (primary N) is 4. The van der Waals surface area contributed by atoms with E-state index in [1.165, 1.54) is 57.8 Å². The maximum atomic E-state index is 13.3. The van der Waals surface area contributed by atoms with Crippen molar-refractivity contribution in [1.29, 1.82) is 0 Å². The molecule has 139 heavy (non-hydrogen) atoms. The summed E-state index contributed by atoms with van der Waals surface area (Å²) in [5, 5.41) is 40.7. The smallest absolute Gasteiger partial charge is 0.274 e. The van der Waals surface area contributed by atoms with Crippen LogP contribution in [0.15, 0.2) is 309 Å². The summed E-state index contributed by atoms with van der Waals surface area (Å²) in [6, 6.07) is 90.4. The molecular formula is C111H118N22O5S. The van der Waals surface area contributed by atoms with Gasteiger partial charge in [0.05, 0.1) is 69.9 Å². The number of pyridine rings is 2. The minimum atomic E-state index is -0.246. The van der Waals surface area contributed by atoms with Gasteiger partial charge in [0.1, 0.15) is 33.9 Å². The van der Waals surface area contributed by atoms with Gasteiger partial charge in [0.25, 0.3) is 23.6 Å². The highest BCUT2D eigenvalue weighted by Crippen LogP contribution is 2.39. The monoisotopic (exact) mass is 1870 g/mol. The number of para-hydroxylation sites is 1. The molecule has 0 radical (unpaired) electrons. The number of nitrogens with zero attached hydrogens (tertiary/aromatic N) is 12. The summed E-state index contributed by atoms with van der Waals surface area (Å²) in [4.78, 5) is 69.0. The van der Waals surface area contributed by atoms with Gasteiger partial charge in [-0.15, -0.1) is 11.3 Å². The van der Waals surface area contributed by atoms with Gasteiger partial charge in [0.2, 0.25) is 0 Å². The largest absolute Gasteiger partial charge is 0.366 e. The van der Waals surface area contributed by atoms with Gasteiger partial charge in [-0.25, -0.2) is 23.7 Å². The molecule has 0 aliphatic heterocycles. The van der Waals surface area contributed by atoms with E-state index >= 15 is 0 Å². The molecule has 708 valence electrons. The van der Waals surface area contributed by atoms with Crippen molar-refractivity contribution in [2.24, 2.45) is 46.6 Å². The third kappa shape index (κ3) is 25.9. The molecule has 14 N–H and O–H groups in total. The van der Waals surface area contributed by atoms with Crippen molar-refractivity contribution in [2.75, 3.05) is 52.4 Å². The minimum Gasteiger partial charge on any atom is -0.366 e. The first-order chi connectivity index (χ1) is 67.9. The van der Waals surface area contributed by atoms with Crippen molar-refractivity contribution in [3.05, 3.63) is 410 Å². The first-order valence-electron chi connectivity index (χ1n) is 47.6. The Morgan fingerprint density at radius 3 is 1.19 bits per heavy atom. The average molecular weight is 1870 g/mol. The zero-order valence-electron chi connectivity index (χ0n) is 78.6. The molecule has 9 aromatic carbocycles. The third-order valence-electron chi connectivity index (χ3n) is 24.7. The number of carbonyl (C=O) groups is 4. The van der Waals surface area contributed by atoms with Crippen LogP contribution in [0, 0.1) is 51.4 Å². The van der Waals surface area contributed by atoms with Crippen molar-refractivity contribution in [2.45, 2.75) is 130 Å². The number of anilines is 6. The van der Waals surface area contributed by atoms with E-state index in [1.807, 2.05) is 252 Å². The van der Waals surface area contributed by atoms with Gasteiger partial charge >= 0.3 is 0 Å². The highest BCUT2D eigenvalue weighted by Gasteiger charge is 2.31. The van der Waals surface area contributed by atoms with E-state index in [2.05, 4.69) is 121 Å². The van der Waals surface area contributed by atoms with Gasteiger partial charge in [-0.3, -0.25) is 29.1 Å². The Bertz CT molecular complexity index is 6360. The molecule has 0 spiro atoms. The summed E-state index contributed by atoms with van der Waals surface area (Å²) in [6.07, 6.45) is 18.4. The Labute approximate surface area is 814 Å². The summed E-state index contributed by atoms with van der Waals surface area (Å²) >= 11 is 1.58. The quantitative estimate of drug-likeness (QED) is 0.0174. The molecule has 27 nitrogen and oxygen atoms in total. The Hall–Kier alpha value is -14.9. The van der Waals surface area contributed by atoms with Crippen LogP contribution in [0.1, 0.15) is 196 Å². The van der Waals surface area contributed by atoms with Crippen LogP contribution in [0.3, 0.4) is 0 Å². The molecule has 16 aromatic rings. The van der Waals surface area contributed by atoms with Crippen molar-refractivity contribution in [3.63, 3.8) is 0 Å². The topological polar surface area (TPSA) is 367 Å². The summed E-state index contributed by atoms with van der Waals surface area (Å²) in [5.74, 6) is 2.09. The van der Waals surface area contributed by atoms with E-state index in [0.29, 0.717) is 60.6 Å². The molecule has 4 fully saturated rings. The van der Waals surface area contributed by atoms with E-state index in [1.54, 1.807) is 66.7 Å². The molecule has 7 aromatic heterocycles. The molecule has 4 saturated carbocycles. The van der Waals surface area contributed by atoms with Gasteiger partial charge in [-0.05, 0) is 312 Å². The van der Waals surface area contributed by atoms with Crippen LogP contribution in [0.2, 0.25) is 0 Å². The lowest BCUT2D eigenvalue weighted by Crippen LogP contribution is -2.25. The second kappa shape index (κ2) is 45.9. The van der Waals surface area contributed by atoms with Crippen LogP contribution in [0.25, 0.3) is 22.7 Å². The van der Waals surface area contributed by atoms with Crippen molar-refractivity contribution in [1.82, 2.24) is 64.7 Å². The van der Waals surface area contributed by atoms with Gasteiger partial charge in [-0.2, -0.15) is 20.4 Å². The lowest BCUT2D eigenvalue weighted by atomic mass is 9.99. The fourth-order valence-corrected chi connectivity index (χ4v) is 17.4. The molecule has 28 heteroatoms. The summed E-state index contributed by atoms with van der Waals surface area (Å²) < 4.78 is 12.9. The fraction of sp³-hybridized carbons (Fsp3) is 0.252. The first kappa shape index (κ1) is 95.9. The molecule has 4 aliphatic rings. The summed E-state index contributed by atoms with van der Waals surface area (Å²) in [5.41, 5.74) is 45.6. The molecule has 3 atom stereocenters. The predicted octanol–water partition coefficient (Wildman–Crippen LogP) is 19.4. The van der Waals surface area contributed by atoms with Crippen molar-refractivity contribution >= 4 is 69.1 Å². The number of amides is 4. The Kier molecular flexibility index (Phi) is 31.6. The number of hydrogen-bond acceptors (Lipinski definition) is 20. The van der Waals surface area contributed by atoms with Crippen LogP contribution >= 0.6 is 11.3 Å². The number of rotatable bonds is 36. The molecule has 20 rings (SSSR count). The minimum absolute atomic E-state index is 0.00734. The molecule has 0 bridgehead atoms. The van der Waals surface area contributed by atoms with Crippen molar-refractivity contribution < 1.29 is 23.9 Å². The predicted molar refractivity (Wildman–Crippen MR) is 549 cm³/mol. The van der Waals surface area contributed by atoms with Crippen LogP contribution < -0.4 is 59.7 Å². The van der Waals surface area contributed by atoms with Crippen LogP contribution in [0.5, 0.6) is 0 Å². The molecule has 7 heterocycles. The maximum Gasteiger partial charge on any atom is 0.274 e. The van der Waals surface area contributed by atoms with Gasteiger partial charge < -0.3 is 64.5 Å². The zero-order valence-corrected chi connectivity index (χ0v) is 79.4. The number of ether oxygens (including phenoxy) is 1. The standard InChI is InChI=1S/C29H31N5O.2C28H30N6O.C26H27N5O2S/c1-21-17-28(34(32-21)27-12-5-7-23(18-27)20-30)29(35)31-24-8-6-11-26(19-24)33(16-15-22-13-14-22)25-9-3-2-4-10-25;1-19-13-26(34(33-19)25-9-2-5-21(14-25)16-29)28(35)32-24-8-3-6-22(15-24)27(31-17-20-10-11-20)23-7-4-12-30-18-23;1-19-14-26(34(33-19)24-9-4-6-21(15-24)17-29)28(35)32-23-8-5-7-22(16-23)27(31-18-20-11-12-20)25-10-2-3-13-30-25;1-17-12-23(31(30-17)22-7-2-4-19(13-22)15-27)25(32)29-21-6-3-5-20(14-21)24(26-28-10-11-34-26)33-16-18-8-9-18/h2-12,17-19,22H,13-16,20,30H2,1H3,(H,31,35);2-9,12-15,18,20,27,31H,10-11,16-17,29H2,1H3,(H,32,35);2-10,13-16,20,27,31H,11-12,17-18,29H2,1H3,(H,32,35);2-7,10-14,18,24H,8-9,15-16,27H2,1H3,(H,29,32). The lowest BCUT2D eigenvalue weighted by Gasteiger charge is -2.25. The number of hydrogen-bond donors (Lipinski definition) is 10. The summed E-state index contributed by atoms with van der Waals surface area (Å²) in [6.45, 7) is 12.8. The van der Waals surface area contributed by atoms with E-state index in [4.69, 9.17) is 27.7 Å². The van der Waals surface area contributed by atoms with E-state index in [-0.39, 0.29) is 41.8 Å². The Morgan fingerprint density at radius 2 is 0.777 bits per heavy atom. The second-order valence-electron chi connectivity index (χ2n) is 35.9. The van der Waals surface area contributed by atoms with Crippen LogP contribution in [0.4, 0.5) is 34.1 Å². The third-order valence-corrected chi connectivity index (χ3v) is 25.5. The lowest BCUT2D eigenvalue weighted by molar-refractivity contribution is 0.0716. The molecule has 3 unspecified atom stereocenters. The molecule has 0 saturated heterocycles. The number of aryl methyl sites for hydroxylation is 4. The molecule has 4 amide bonds. The van der Waals surface area contributed by atoms with E-state index in [0.717, 1.165) is 173 Å². The molecular weight excluding hydrogens is 1750 g/mol. The second-order valence-corrected chi connectivity index (χ2v) is 36.9. The van der Waals surface area contributed by atoms with E-state index in [9.17, 15) is 19.2 Å². The number of nitrogens with one attached hydrogen (secondary N) is 6. The number of thiazole rings is 1. The van der Waals surface area contributed by atoms with E-state index < -0.39 is 0 Å². The number of carbonyl (C=O) groups excluding carboxylic acids is 4. The van der Waals surface area contributed by atoms with Crippen LogP contribution in [-0.4, -0.2) is 104 Å².